The Morgan fingerprint density at radius 3 is 2.54 bits per heavy atom. The number of allylic oxidation sites excluding steroid dienone is 1. The predicted molar refractivity (Wildman–Crippen MR) is 225 cm³/mol. The van der Waals surface area contributed by atoms with Gasteiger partial charge in [0.05, 0.1) is 12.2 Å². The molecule has 2 aromatic carbocycles. The van der Waals surface area contributed by atoms with E-state index in [4.69, 9.17) is 9.97 Å². The van der Waals surface area contributed by atoms with Crippen molar-refractivity contribution >= 4 is 68.4 Å². The number of carbonyl (C=O) groups excluding carboxylic acids is 2. The van der Waals surface area contributed by atoms with Crippen molar-refractivity contribution in [3.8, 4) is 5.82 Å². The summed E-state index contributed by atoms with van der Waals surface area (Å²) in [4.78, 5) is 56.2. The summed E-state index contributed by atoms with van der Waals surface area (Å²) >= 11 is 2.20. The van der Waals surface area contributed by atoms with E-state index in [0.29, 0.717) is 52.2 Å². The normalized spacial score (nSPS) is 20.1. The van der Waals surface area contributed by atoms with Gasteiger partial charge in [0.2, 0.25) is 17.8 Å². The molecule has 1 aliphatic carbocycles. The zero-order valence-electron chi connectivity index (χ0n) is 31.1. The van der Waals surface area contributed by atoms with Crippen LogP contribution in [-0.2, 0) is 34.6 Å². The molecule has 0 radical (unpaired) electrons. The molecule has 2 atom stereocenters. The van der Waals surface area contributed by atoms with Crippen LogP contribution in [0.4, 0.5) is 23.0 Å². The molecule has 290 valence electrons. The number of piperidine rings is 1. The van der Waals surface area contributed by atoms with Gasteiger partial charge >= 0.3 is 0 Å². The lowest BCUT2D eigenvalue weighted by atomic mass is 10.0. The molecule has 3 aliphatic rings. The second-order valence-electron chi connectivity index (χ2n) is 14.7. The van der Waals surface area contributed by atoms with Crippen LogP contribution in [0.25, 0.3) is 16.9 Å². The molecule has 2 aliphatic heterocycles. The van der Waals surface area contributed by atoms with Gasteiger partial charge in [-0.25, -0.2) is 19.3 Å². The molecule has 56 heavy (non-hydrogen) atoms. The van der Waals surface area contributed by atoms with Gasteiger partial charge in [0.25, 0.3) is 5.56 Å². The summed E-state index contributed by atoms with van der Waals surface area (Å²) in [5.74, 6) is 0.378. The number of aryl methyl sites for hydroxylation is 1. The lowest BCUT2D eigenvalue weighted by molar-refractivity contribution is -0.133. The molecule has 0 bridgehead atoms. The molecule has 5 aromatic rings. The minimum absolute atomic E-state index is 0.213. The third-order valence-electron chi connectivity index (χ3n) is 11.0. The van der Waals surface area contributed by atoms with Crippen LogP contribution in [0, 0.1) is 0 Å². The summed E-state index contributed by atoms with van der Waals surface area (Å²) in [6.45, 7) is 8.97. The second-order valence-corrected chi connectivity index (χ2v) is 15.5. The summed E-state index contributed by atoms with van der Waals surface area (Å²) in [6.07, 6.45) is 7.42. The minimum atomic E-state index is -1.00. The molecule has 1 unspecified atom stereocenters. The van der Waals surface area contributed by atoms with Gasteiger partial charge in [-0.2, -0.15) is 4.98 Å². The van der Waals surface area contributed by atoms with Crippen molar-refractivity contribution in [1.29, 1.82) is 0 Å². The Labute approximate surface area is 338 Å². The summed E-state index contributed by atoms with van der Waals surface area (Å²) in [5.41, 5.74) is 4.94. The molecule has 5 heterocycles. The van der Waals surface area contributed by atoms with Crippen molar-refractivity contribution in [2.45, 2.75) is 56.7 Å². The Morgan fingerprint density at radius 2 is 1.77 bits per heavy atom. The van der Waals surface area contributed by atoms with Crippen LogP contribution in [0.2, 0.25) is 0 Å². The molecular formula is C41H45IN10O4. The Kier molecular flexibility index (Phi) is 10.9. The van der Waals surface area contributed by atoms with Crippen LogP contribution in [0.15, 0.2) is 84.3 Å². The number of nitrogens with one attached hydrogen (secondary N) is 3. The van der Waals surface area contributed by atoms with Gasteiger partial charge in [-0.3, -0.25) is 19.7 Å². The van der Waals surface area contributed by atoms with Gasteiger partial charge in [-0.15, -0.1) is 6.58 Å². The van der Waals surface area contributed by atoms with Gasteiger partial charge in [0.15, 0.2) is 11.5 Å². The van der Waals surface area contributed by atoms with Gasteiger partial charge in [0.1, 0.15) is 17.0 Å². The number of fused-ring (bicyclic) bond motifs is 2. The molecular weight excluding hydrogens is 823 g/mol. The standard InChI is InChI=1S/C41H45IN10O4/c1-2-19-51-39(55)32-25-43-40(48-37(32)52(51)34-14-6-28-16-18-41(56,26-42)36(28)46-34)45-30-7-4-27(5-8-30)17-22-49-20-3-21-50(24-23-49)31-11-9-29(10-12-31)44-33-13-15-35(53)47-38(33)54/h2,4-12,14,25,33,44,56H,1,3,13,15-24,26H2,(H,43,45,48)(H,47,53,54)/t33?,41-/m0/s1. The van der Waals surface area contributed by atoms with Crippen molar-refractivity contribution in [2.24, 2.45) is 0 Å². The summed E-state index contributed by atoms with van der Waals surface area (Å²) in [5, 5.41) is 20.6. The van der Waals surface area contributed by atoms with E-state index < -0.39 is 11.6 Å². The van der Waals surface area contributed by atoms with Gasteiger partial charge in [-0.1, -0.05) is 46.9 Å². The highest BCUT2D eigenvalue weighted by molar-refractivity contribution is 14.1. The number of halogens is 1. The average Bonchev–Trinajstić information content (AvgIpc) is 3.55. The number of imide groups is 1. The van der Waals surface area contributed by atoms with E-state index in [0.717, 1.165) is 74.6 Å². The van der Waals surface area contributed by atoms with E-state index in [1.165, 1.54) is 5.56 Å². The number of hydrogen-bond acceptors (Lipinski definition) is 11. The Morgan fingerprint density at radius 1 is 0.964 bits per heavy atom. The molecule has 2 saturated heterocycles. The number of amides is 2. The van der Waals surface area contributed by atoms with Crippen molar-refractivity contribution in [3.05, 3.63) is 107 Å². The summed E-state index contributed by atoms with van der Waals surface area (Å²) < 4.78 is 3.77. The first-order chi connectivity index (χ1) is 27.2. The van der Waals surface area contributed by atoms with E-state index in [1.54, 1.807) is 21.6 Å². The SMILES string of the molecule is C=CCn1c(=O)c2cnc(Nc3ccc(CCN4CCCN(c5ccc(NC6CCC(=O)NC6=O)cc5)CC4)cc3)nc2n1-c1ccc2c(n1)[C@@](O)(CI)CC2. The van der Waals surface area contributed by atoms with Crippen molar-refractivity contribution in [2.75, 3.05) is 52.7 Å². The van der Waals surface area contributed by atoms with E-state index in [9.17, 15) is 19.5 Å². The molecule has 2 amide bonds. The maximum Gasteiger partial charge on any atom is 0.278 e. The Bertz CT molecular complexity index is 2330. The van der Waals surface area contributed by atoms with E-state index in [-0.39, 0.29) is 23.9 Å². The number of pyridine rings is 1. The zero-order valence-corrected chi connectivity index (χ0v) is 33.2. The number of nitrogens with zero attached hydrogens (tertiary/aromatic N) is 7. The number of rotatable bonds is 12. The van der Waals surface area contributed by atoms with Crippen LogP contribution < -0.4 is 26.4 Å². The Balaban J connectivity index is 0.888. The van der Waals surface area contributed by atoms with Crippen LogP contribution in [-0.4, -0.2) is 89.3 Å². The number of aromatic nitrogens is 5. The Hall–Kier alpha value is -5.13. The highest BCUT2D eigenvalue weighted by Crippen LogP contribution is 2.37. The first kappa shape index (κ1) is 37.8. The maximum absolute atomic E-state index is 13.5. The molecule has 15 heteroatoms. The van der Waals surface area contributed by atoms with Crippen molar-refractivity contribution < 1.29 is 14.7 Å². The highest BCUT2D eigenvalue weighted by atomic mass is 127. The third kappa shape index (κ3) is 7.79. The molecule has 14 nitrogen and oxygen atoms in total. The van der Waals surface area contributed by atoms with Crippen LogP contribution in [0.1, 0.15) is 42.5 Å². The lowest BCUT2D eigenvalue weighted by Crippen LogP contribution is -2.47. The summed E-state index contributed by atoms with van der Waals surface area (Å²) in [6, 6.07) is 19.9. The monoisotopic (exact) mass is 868 g/mol. The lowest BCUT2D eigenvalue weighted by Gasteiger charge is -2.25. The predicted octanol–water partition coefficient (Wildman–Crippen LogP) is 4.45. The second kappa shape index (κ2) is 16.2. The average molecular weight is 869 g/mol. The van der Waals surface area contributed by atoms with Crippen molar-refractivity contribution in [3.63, 3.8) is 0 Å². The molecule has 0 spiro atoms. The van der Waals surface area contributed by atoms with Gasteiger partial charge < -0.3 is 25.5 Å². The van der Waals surface area contributed by atoms with Crippen LogP contribution in [0.5, 0.6) is 0 Å². The molecule has 4 N–H and O–H groups in total. The quantitative estimate of drug-likeness (QED) is 0.0607. The number of alkyl halides is 1. The molecule has 2 fully saturated rings. The van der Waals surface area contributed by atoms with Gasteiger partial charge in [-0.05, 0) is 92.2 Å². The van der Waals surface area contributed by atoms with Crippen LogP contribution in [0.3, 0.4) is 0 Å². The number of aliphatic hydroxyl groups is 1. The molecule has 0 saturated carbocycles. The summed E-state index contributed by atoms with van der Waals surface area (Å²) in [7, 11) is 0. The van der Waals surface area contributed by atoms with Gasteiger partial charge in [0, 0.05) is 60.3 Å². The topological polar surface area (TPSA) is 163 Å². The fraction of sp³-hybridized carbons (Fsp3) is 0.366. The first-order valence-corrected chi connectivity index (χ1v) is 20.7. The van der Waals surface area contributed by atoms with E-state index in [1.807, 2.05) is 36.4 Å². The fourth-order valence-corrected chi connectivity index (χ4v) is 8.57. The minimum Gasteiger partial charge on any atom is -0.383 e. The molecule has 8 rings (SSSR count). The molecule has 3 aromatic heterocycles. The smallest absolute Gasteiger partial charge is 0.278 e. The largest absolute Gasteiger partial charge is 0.383 e. The number of anilines is 4. The highest BCUT2D eigenvalue weighted by Gasteiger charge is 2.38. The number of benzene rings is 2. The number of carbonyl (C=O) groups is 2. The van der Waals surface area contributed by atoms with E-state index >= 15 is 0 Å². The fourth-order valence-electron chi connectivity index (χ4n) is 7.82. The van der Waals surface area contributed by atoms with E-state index in [2.05, 4.69) is 84.2 Å². The van der Waals surface area contributed by atoms with Crippen molar-refractivity contribution in [1.82, 2.24) is 34.5 Å². The maximum atomic E-state index is 13.5. The number of hydrogen-bond donors (Lipinski definition) is 4. The third-order valence-corrected chi connectivity index (χ3v) is 12.2. The van der Waals surface area contributed by atoms with Crippen LogP contribution >= 0.6 is 22.6 Å². The first-order valence-electron chi connectivity index (χ1n) is 19.1. The zero-order chi connectivity index (χ0) is 38.8.